The molecule has 0 saturated heterocycles. The van der Waals surface area contributed by atoms with Gasteiger partial charge in [0.15, 0.2) is 11.6 Å². The molecule has 1 N–H and O–H groups in total. The molecule has 0 aliphatic carbocycles. The van der Waals surface area contributed by atoms with E-state index in [1.165, 1.54) is 32.4 Å². The van der Waals surface area contributed by atoms with Crippen LogP contribution in [0, 0.1) is 23.3 Å². The zero-order valence-electron chi connectivity index (χ0n) is 11.4. The number of hydrogen-bond donors (Lipinski definition) is 1. The van der Waals surface area contributed by atoms with Crippen molar-refractivity contribution < 1.29 is 22.3 Å². The predicted octanol–water partition coefficient (Wildman–Crippen LogP) is 3.56. The molecule has 0 aliphatic heterocycles. The van der Waals surface area contributed by atoms with Gasteiger partial charge in [0.05, 0.1) is 18.7 Å². The van der Waals surface area contributed by atoms with Crippen LogP contribution in [0.15, 0.2) is 30.3 Å². The Labute approximate surface area is 119 Å². The molecule has 0 fully saturated rings. The molecule has 2 aromatic rings. The van der Waals surface area contributed by atoms with Crippen LogP contribution in [0.2, 0.25) is 0 Å². The molecule has 1 unspecified atom stereocenters. The summed E-state index contributed by atoms with van der Waals surface area (Å²) >= 11 is 0. The van der Waals surface area contributed by atoms with Crippen LogP contribution in [0.25, 0.3) is 0 Å². The minimum Gasteiger partial charge on any atom is -0.496 e. The van der Waals surface area contributed by atoms with Crippen LogP contribution < -0.4 is 10.1 Å². The predicted molar refractivity (Wildman–Crippen MR) is 70.2 cm³/mol. The third-order valence-corrected chi connectivity index (χ3v) is 3.16. The molecule has 0 aromatic heterocycles. The normalized spacial score (nSPS) is 12.3. The van der Waals surface area contributed by atoms with Crippen molar-refractivity contribution in [2.75, 3.05) is 14.2 Å². The third kappa shape index (κ3) is 2.85. The molecule has 2 nitrogen and oxygen atoms in total. The molecule has 0 heterocycles. The average molecular weight is 299 g/mol. The van der Waals surface area contributed by atoms with Gasteiger partial charge in [-0.2, -0.15) is 0 Å². The monoisotopic (exact) mass is 299 g/mol. The van der Waals surface area contributed by atoms with E-state index in [0.717, 1.165) is 0 Å². The summed E-state index contributed by atoms with van der Waals surface area (Å²) in [6.45, 7) is 0. The van der Waals surface area contributed by atoms with Crippen molar-refractivity contribution in [3.63, 3.8) is 0 Å². The lowest BCUT2D eigenvalue weighted by molar-refractivity contribution is 0.397. The number of rotatable bonds is 4. The molecular weight excluding hydrogens is 286 g/mol. The average Bonchev–Trinajstić information content (AvgIpc) is 2.46. The van der Waals surface area contributed by atoms with E-state index < -0.39 is 29.3 Å². The lowest BCUT2D eigenvalue weighted by Crippen LogP contribution is -2.21. The Morgan fingerprint density at radius 3 is 2.24 bits per heavy atom. The number of benzene rings is 2. The Hall–Kier alpha value is -2.08. The van der Waals surface area contributed by atoms with Gasteiger partial charge < -0.3 is 10.1 Å². The smallest absolute Gasteiger partial charge is 0.161 e. The number of hydrogen-bond acceptors (Lipinski definition) is 2. The number of methoxy groups -OCH3 is 1. The molecule has 0 spiro atoms. The van der Waals surface area contributed by atoms with Crippen LogP contribution in [-0.2, 0) is 0 Å². The van der Waals surface area contributed by atoms with E-state index in [-0.39, 0.29) is 16.9 Å². The van der Waals surface area contributed by atoms with Crippen molar-refractivity contribution >= 4 is 0 Å². The second-order valence-corrected chi connectivity index (χ2v) is 4.37. The van der Waals surface area contributed by atoms with E-state index >= 15 is 0 Å². The van der Waals surface area contributed by atoms with Gasteiger partial charge in [-0.05, 0) is 25.2 Å². The Kier molecular flexibility index (Phi) is 4.47. The summed E-state index contributed by atoms with van der Waals surface area (Å²) in [5, 5.41) is 2.69. The van der Waals surface area contributed by atoms with Crippen LogP contribution in [0.1, 0.15) is 17.2 Å². The lowest BCUT2D eigenvalue weighted by Gasteiger charge is -2.21. The van der Waals surface area contributed by atoms with Crippen molar-refractivity contribution in [3.05, 3.63) is 64.7 Å². The topological polar surface area (TPSA) is 21.3 Å². The van der Waals surface area contributed by atoms with E-state index in [1.54, 1.807) is 0 Å². The molecule has 112 valence electrons. The molecule has 21 heavy (non-hydrogen) atoms. The fourth-order valence-electron chi connectivity index (χ4n) is 2.19. The molecular formula is C15H13F4NO. The van der Waals surface area contributed by atoms with Crippen molar-refractivity contribution in [1.82, 2.24) is 5.32 Å². The highest BCUT2D eigenvalue weighted by atomic mass is 19.2. The Morgan fingerprint density at radius 1 is 0.952 bits per heavy atom. The lowest BCUT2D eigenvalue weighted by atomic mass is 9.96. The molecule has 0 aliphatic rings. The summed E-state index contributed by atoms with van der Waals surface area (Å²) in [5.41, 5.74) is -0.188. The van der Waals surface area contributed by atoms with Crippen LogP contribution >= 0.6 is 0 Å². The molecule has 0 saturated carbocycles. The van der Waals surface area contributed by atoms with E-state index in [1.807, 2.05) is 0 Å². The summed E-state index contributed by atoms with van der Waals surface area (Å²) in [4.78, 5) is 0. The largest absolute Gasteiger partial charge is 0.496 e. The molecule has 0 amide bonds. The third-order valence-electron chi connectivity index (χ3n) is 3.16. The number of ether oxygens (including phenoxy) is 1. The van der Waals surface area contributed by atoms with Crippen molar-refractivity contribution in [1.29, 1.82) is 0 Å². The minimum absolute atomic E-state index is 0.0207. The van der Waals surface area contributed by atoms with Crippen LogP contribution in [0.5, 0.6) is 5.75 Å². The fourth-order valence-corrected chi connectivity index (χ4v) is 2.19. The van der Waals surface area contributed by atoms with E-state index in [4.69, 9.17) is 4.74 Å². The Bertz CT molecular complexity index is 660. The van der Waals surface area contributed by atoms with E-state index in [2.05, 4.69) is 5.32 Å². The van der Waals surface area contributed by atoms with Gasteiger partial charge in [-0.25, -0.2) is 17.6 Å². The maximum atomic E-state index is 14.1. The minimum atomic E-state index is -1.30. The van der Waals surface area contributed by atoms with Gasteiger partial charge in [-0.1, -0.05) is 6.07 Å². The highest BCUT2D eigenvalue weighted by Crippen LogP contribution is 2.33. The van der Waals surface area contributed by atoms with Gasteiger partial charge in [-0.15, -0.1) is 0 Å². The van der Waals surface area contributed by atoms with Crippen LogP contribution in [0.3, 0.4) is 0 Å². The first-order chi connectivity index (χ1) is 9.99. The van der Waals surface area contributed by atoms with Crippen LogP contribution in [0.4, 0.5) is 17.6 Å². The van der Waals surface area contributed by atoms with Crippen molar-refractivity contribution in [2.24, 2.45) is 0 Å². The second-order valence-electron chi connectivity index (χ2n) is 4.37. The molecule has 0 bridgehead atoms. The van der Waals surface area contributed by atoms with Crippen LogP contribution in [-0.4, -0.2) is 14.2 Å². The zero-order valence-corrected chi connectivity index (χ0v) is 11.4. The Balaban J connectivity index is 2.63. The quantitative estimate of drug-likeness (QED) is 0.688. The summed E-state index contributed by atoms with van der Waals surface area (Å²) in [6, 6.07) is 4.24. The summed E-state index contributed by atoms with van der Waals surface area (Å²) in [7, 11) is 2.80. The summed E-state index contributed by atoms with van der Waals surface area (Å²) in [6.07, 6.45) is 0. The zero-order chi connectivity index (χ0) is 15.6. The second kappa shape index (κ2) is 6.13. The fraction of sp³-hybridized carbons (Fsp3) is 0.200. The maximum absolute atomic E-state index is 14.1. The van der Waals surface area contributed by atoms with Crippen molar-refractivity contribution in [3.8, 4) is 5.75 Å². The highest BCUT2D eigenvalue weighted by molar-refractivity contribution is 5.43. The van der Waals surface area contributed by atoms with Crippen molar-refractivity contribution in [2.45, 2.75) is 6.04 Å². The Morgan fingerprint density at radius 2 is 1.62 bits per heavy atom. The van der Waals surface area contributed by atoms with Gasteiger partial charge in [0, 0.05) is 11.6 Å². The van der Waals surface area contributed by atoms with Gasteiger partial charge in [0.25, 0.3) is 0 Å². The van der Waals surface area contributed by atoms with E-state index in [0.29, 0.717) is 12.1 Å². The number of halogens is 4. The molecule has 2 rings (SSSR count). The summed E-state index contributed by atoms with van der Waals surface area (Å²) in [5.74, 6) is -3.94. The van der Waals surface area contributed by atoms with Gasteiger partial charge in [0.2, 0.25) is 0 Å². The highest BCUT2D eigenvalue weighted by Gasteiger charge is 2.25. The first kappa shape index (κ1) is 15.3. The first-order valence-corrected chi connectivity index (χ1v) is 6.13. The summed E-state index contributed by atoms with van der Waals surface area (Å²) < 4.78 is 59.4. The van der Waals surface area contributed by atoms with Gasteiger partial charge in [-0.3, -0.25) is 0 Å². The molecule has 1 atom stereocenters. The molecule has 2 aromatic carbocycles. The number of nitrogens with one attached hydrogen (secondary N) is 1. The van der Waals surface area contributed by atoms with Gasteiger partial charge in [0.1, 0.15) is 17.4 Å². The standard InChI is InChI=1S/C15H13F4NO/c1-20-15(8-6-11(18)12(19)7-10(8)17)14-9(16)4-3-5-13(14)21-2/h3-7,15,20H,1-2H3. The molecule has 0 radical (unpaired) electrons. The van der Waals surface area contributed by atoms with Gasteiger partial charge >= 0.3 is 0 Å². The first-order valence-electron chi connectivity index (χ1n) is 6.13. The molecule has 6 heteroatoms. The van der Waals surface area contributed by atoms with E-state index in [9.17, 15) is 17.6 Å². The SMILES string of the molecule is CNC(c1cc(F)c(F)cc1F)c1c(F)cccc1OC. The maximum Gasteiger partial charge on any atom is 0.161 e.